The zero-order valence-electron chi connectivity index (χ0n) is 10.8. The first kappa shape index (κ1) is 13.1. The lowest BCUT2D eigenvalue weighted by atomic mass is 9.80. The van der Waals surface area contributed by atoms with Crippen LogP contribution in [0.4, 0.5) is 5.69 Å². The zero-order chi connectivity index (χ0) is 13.5. The monoisotopic (exact) mass is 265 g/mol. The van der Waals surface area contributed by atoms with E-state index in [-0.39, 0.29) is 17.6 Å². The molecule has 0 fully saturated rings. The third-order valence-corrected chi connectivity index (χ3v) is 3.64. The molecule has 0 N–H and O–H groups in total. The fraction of sp³-hybridized carbons (Fsp3) is 0.429. The van der Waals surface area contributed by atoms with Crippen molar-refractivity contribution in [3.8, 4) is 0 Å². The number of anilines is 1. The molecule has 0 aromatic heterocycles. The van der Waals surface area contributed by atoms with Gasteiger partial charge < -0.3 is 4.90 Å². The third-order valence-electron chi connectivity index (χ3n) is 3.40. The van der Waals surface area contributed by atoms with Gasteiger partial charge in [-0.3, -0.25) is 9.59 Å². The number of hydrogen-bond donors (Lipinski definition) is 0. The van der Waals surface area contributed by atoms with Crippen molar-refractivity contribution in [2.45, 2.75) is 20.3 Å². The predicted octanol–water partition coefficient (Wildman–Crippen LogP) is 2.65. The molecule has 0 spiro atoms. The van der Waals surface area contributed by atoms with E-state index in [0.29, 0.717) is 12.0 Å². The summed E-state index contributed by atoms with van der Waals surface area (Å²) in [6.07, 6.45) is 0.648. The van der Waals surface area contributed by atoms with E-state index < -0.39 is 5.41 Å². The lowest BCUT2D eigenvalue weighted by Gasteiger charge is -2.36. The number of hydrogen-bond acceptors (Lipinski definition) is 2. The summed E-state index contributed by atoms with van der Waals surface area (Å²) in [5, 5.41) is 0. The lowest BCUT2D eigenvalue weighted by molar-refractivity contribution is -0.126. The van der Waals surface area contributed by atoms with E-state index in [2.05, 4.69) is 0 Å². The second kappa shape index (κ2) is 4.39. The van der Waals surface area contributed by atoms with Crippen molar-refractivity contribution in [2.75, 3.05) is 17.8 Å². The van der Waals surface area contributed by atoms with Crippen LogP contribution in [0.3, 0.4) is 0 Å². The number of rotatable bonds is 2. The predicted molar refractivity (Wildman–Crippen MR) is 72.4 cm³/mol. The Balaban J connectivity index is 2.49. The summed E-state index contributed by atoms with van der Waals surface area (Å²) in [7, 11) is 1.77. The zero-order valence-corrected chi connectivity index (χ0v) is 11.5. The molecule has 1 amide bonds. The Morgan fingerprint density at radius 3 is 2.72 bits per heavy atom. The van der Waals surface area contributed by atoms with Gasteiger partial charge in [0.1, 0.15) is 0 Å². The first-order valence-electron chi connectivity index (χ1n) is 5.87. The molecule has 1 aliphatic heterocycles. The molecule has 0 bridgehead atoms. The minimum Gasteiger partial charge on any atom is -0.315 e. The molecule has 0 saturated carbocycles. The van der Waals surface area contributed by atoms with Crippen molar-refractivity contribution in [1.29, 1.82) is 0 Å². The van der Waals surface area contributed by atoms with Crippen LogP contribution in [0.15, 0.2) is 18.2 Å². The lowest BCUT2D eigenvalue weighted by Crippen LogP contribution is -2.44. The Hall–Kier alpha value is -1.35. The number of fused-ring (bicyclic) bond motifs is 1. The highest BCUT2D eigenvalue weighted by atomic mass is 35.5. The molecule has 1 aromatic carbocycles. The van der Waals surface area contributed by atoms with Crippen LogP contribution in [0.25, 0.3) is 0 Å². The molecular weight excluding hydrogens is 250 g/mol. The number of carbonyl (C=O) groups is 2. The number of halogens is 1. The topological polar surface area (TPSA) is 37.4 Å². The van der Waals surface area contributed by atoms with Crippen molar-refractivity contribution in [3.05, 3.63) is 29.3 Å². The molecule has 0 saturated heterocycles. The van der Waals surface area contributed by atoms with Crippen LogP contribution in [0.2, 0.25) is 0 Å². The molecule has 1 heterocycles. The van der Waals surface area contributed by atoms with Crippen LogP contribution in [0.1, 0.15) is 29.8 Å². The molecule has 0 aliphatic carbocycles. The molecule has 1 aliphatic rings. The number of ketones is 1. The van der Waals surface area contributed by atoms with E-state index >= 15 is 0 Å². The summed E-state index contributed by atoms with van der Waals surface area (Å²) < 4.78 is 0. The molecule has 18 heavy (non-hydrogen) atoms. The van der Waals surface area contributed by atoms with Gasteiger partial charge in [0, 0.05) is 23.7 Å². The van der Waals surface area contributed by atoms with Gasteiger partial charge in [0.25, 0.3) is 0 Å². The summed E-state index contributed by atoms with van der Waals surface area (Å²) in [4.78, 5) is 25.4. The molecule has 0 radical (unpaired) electrons. The number of amides is 1. The van der Waals surface area contributed by atoms with Gasteiger partial charge in [-0.1, -0.05) is 13.8 Å². The number of benzene rings is 1. The van der Waals surface area contributed by atoms with Crippen LogP contribution < -0.4 is 4.90 Å². The smallest absolute Gasteiger partial charge is 0.232 e. The van der Waals surface area contributed by atoms with Crippen LogP contribution in [-0.4, -0.2) is 24.6 Å². The Bertz CT molecular complexity index is 523. The summed E-state index contributed by atoms with van der Waals surface area (Å²) in [5.74, 6) is -0.0000211. The van der Waals surface area contributed by atoms with E-state index in [1.807, 2.05) is 26.0 Å². The number of carbonyl (C=O) groups excluding carboxylic acids is 2. The molecule has 3 nitrogen and oxygen atoms in total. The Labute approximate surface area is 112 Å². The van der Waals surface area contributed by atoms with Crippen molar-refractivity contribution in [3.63, 3.8) is 0 Å². The fourth-order valence-electron chi connectivity index (χ4n) is 2.42. The summed E-state index contributed by atoms with van der Waals surface area (Å²) in [6, 6.07) is 5.40. The molecule has 0 unspecified atom stereocenters. The fourth-order valence-corrected chi connectivity index (χ4v) is 2.57. The molecule has 1 aromatic rings. The van der Waals surface area contributed by atoms with Crippen LogP contribution in [0, 0.1) is 5.41 Å². The van der Waals surface area contributed by atoms with Gasteiger partial charge in [-0.05, 0) is 30.2 Å². The second-order valence-electron chi connectivity index (χ2n) is 5.33. The summed E-state index contributed by atoms with van der Waals surface area (Å²) in [6.45, 7) is 3.84. The Morgan fingerprint density at radius 2 is 2.11 bits per heavy atom. The maximum Gasteiger partial charge on any atom is 0.232 e. The first-order valence-corrected chi connectivity index (χ1v) is 6.40. The van der Waals surface area contributed by atoms with E-state index in [4.69, 9.17) is 11.6 Å². The molecule has 96 valence electrons. The van der Waals surface area contributed by atoms with Gasteiger partial charge in [-0.2, -0.15) is 0 Å². The quantitative estimate of drug-likeness (QED) is 0.609. The van der Waals surface area contributed by atoms with Crippen LogP contribution in [-0.2, 0) is 11.2 Å². The van der Waals surface area contributed by atoms with E-state index in [0.717, 1.165) is 11.3 Å². The van der Waals surface area contributed by atoms with E-state index in [1.54, 1.807) is 18.0 Å². The number of alkyl halides is 1. The van der Waals surface area contributed by atoms with Crippen molar-refractivity contribution < 1.29 is 9.59 Å². The van der Waals surface area contributed by atoms with Gasteiger partial charge in [0.2, 0.25) is 5.91 Å². The van der Waals surface area contributed by atoms with Crippen molar-refractivity contribution >= 4 is 29.0 Å². The second-order valence-corrected chi connectivity index (χ2v) is 5.59. The average Bonchev–Trinajstić information content (AvgIpc) is 2.34. The summed E-state index contributed by atoms with van der Waals surface area (Å²) >= 11 is 5.56. The molecule has 0 atom stereocenters. The molecule has 4 heteroatoms. The SMILES string of the molecule is CN1C(=O)C(C)(C)Cc2cc(C(=O)CCl)ccc21. The standard InChI is InChI=1S/C14H16ClNO2/c1-14(2)7-10-6-9(12(17)8-15)4-5-11(10)16(3)13(14)18/h4-6H,7-8H2,1-3H3. The maximum absolute atomic E-state index is 12.1. The van der Waals surface area contributed by atoms with Gasteiger partial charge in [-0.15, -0.1) is 11.6 Å². The van der Waals surface area contributed by atoms with Crippen molar-refractivity contribution in [1.82, 2.24) is 0 Å². The largest absolute Gasteiger partial charge is 0.315 e. The van der Waals surface area contributed by atoms with E-state index in [9.17, 15) is 9.59 Å². The Morgan fingerprint density at radius 1 is 1.44 bits per heavy atom. The first-order chi connectivity index (χ1) is 8.36. The van der Waals surface area contributed by atoms with Gasteiger partial charge >= 0.3 is 0 Å². The number of Topliss-reactive ketones (excluding diaryl/α,β-unsaturated/α-hetero) is 1. The van der Waals surface area contributed by atoms with E-state index in [1.165, 1.54) is 0 Å². The normalized spacial score (nSPS) is 17.6. The number of nitrogens with zero attached hydrogens (tertiary/aromatic N) is 1. The van der Waals surface area contributed by atoms with Gasteiger partial charge in [0.05, 0.1) is 5.88 Å². The van der Waals surface area contributed by atoms with Gasteiger partial charge in [0.15, 0.2) is 5.78 Å². The van der Waals surface area contributed by atoms with Crippen LogP contribution in [0.5, 0.6) is 0 Å². The Kier molecular flexibility index (Phi) is 3.20. The average molecular weight is 266 g/mol. The highest BCUT2D eigenvalue weighted by Gasteiger charge is 2.37. The highest BCUT2D eigenvalue weighted by Crippen LogP contribution is 2.36. The summed E-state index contributed by atoms with van der Waals surface area (Å²) in [5.41, 5.74) is 2.09. The van der Waals surface area contributed by atoms with Crippen LogP contribution >= 0.6 is 11.6 Å². The van der Waals surface area contributed by atoms with Crippen molar-refractivity contribution in [2.24, 2.45) is 5.41 Å². The molecular formula is C14H16ClNO2. The van der Waals surface area contributed by atoms with Gasteiger partial charge in [-0.25, -0.2) is 0 Å². The third kappa shape index (κ3) is 2.03. The maximum atomic E-state index is 12.1. The molecule has 2 rings (SSSR count). The minimum absolute atomic E-state index is 0.0169. The minimum atomic E-state index is -0.426. The highest BCUT2D eigenvalue weighted by molar-refractivity contribution is 6.30.